The first-order valence-electron chi connectivity index (χ1n) is 7.48. The highest BCUT2D eigenvalue weighted by molar-refractivity contribution is 5.90. The first kappa shape index (κ1) is 17.3. The van der Waals surface area contributed by atoms with E-state index in [4.69, 9.17) is 9.47 Å². The van der Waals surface area contributed by atoms with Gasteiger partial charge in [0.1, 0.15) is 17.2 Å². The predicted molar refractivity (Wildman–Crippen MR) is 87.0 cm³/mol. The monoisotopic (exact) mass is 328 g/mol. The summed E-state index contributed by atoms with van der Waals surface area (Å²) in [4.78, 5) is 22.0. The zero-order chi connectivity index (χ0) is 17.4. The van der Waals surface area contributed by atoms with Crippen molar-refractivity contribution in [3.63, 3.8) is 0 Å². The van der Waals surface area contributed by atoms with Crippen molar-refractivity contribution in [3.05, 3.63) is 48.5 Å². The lowest BCUT2D eigenvalue weighted by molar-refractivity contribution is -0.305. The van der Waals surface area contributed by atoms with E-state index in [1.807, 2.05) is 0 Å². The van der Waals surface area contributed by atoms with Gasteiger partial charge in [0, 0.05) is 18.1 Å². The summed E-state index contributed by atoms with van der Waals surface area (Å²) < 4.78 is 10.8. The second-order valence-electron chi connectivity index (χ2n) is 5.08. The molecule has 6 heteroatoms. The summed E-state index contributed by atoms with van der Waals surface area (Å²) in [7, 11) is 1.60. The summed E-state index contributed by atoms with van der Waals surface area (Å²) in [6.45, 7) is 0. The predicted octanol–water partition coefficient (Wildman–Crippen LogP) is 2.35. The van der Waals surface area contributed by atoms with Crippen LogP contribution < -0.4 is 19.9 Å². The van der Waals surface area contributed by atoms with Gasteiger partial charge in [-0.1, -0.05) is 0 Å². The maximum atomic E-state index is 11.7. The Morgan fingerprint density at radius 3 is 2.00 bits per heavy atom. The van der Waals surface area contributed by atoms with Gasteiger partial charge >= 0.3 is 0 Å². The van der Waals surface area contributed by atoms with Gasteiger partial charge in [0.25, 0.3) is 0 Å². The molecule has 0 fully saturated rings. The lowest BCUT2D eigenvalue weighted by Crippen LogP contribution is -2.22. The molecule has 0 unspecified atom stereocenters. The maximum absolute atomic E-state index is 11.7. The molecular weight excluding hydrogens is 310 g/mol. The van der Waals surface area contributed by atoms with Crippen molar-refractivity contribution in [2.24, 2.45) is 0 Å². The zero-order valence-corrected chi connectivity index (χ0v) is 13.3. The average Bonchev–Trinajstić information content (AvgIpc) is 2.57. The molecule has 0 atom stereocenters. The van der Waals surface area contributed by atoms with Crippen LogP contribution in [0.15, 0.2) is 48.5 Å². The number of carboxylic acids is 1. The number of benzene rings is 2. The smallest absolute Gasteiger partial charge is 0.224 e. The molecule has 0 bridgehead atoms. The number of nitrogens with one attached hydrogen (secondary N) is 1. The Morgan fingerprint density at radius 1 is 0.917 bits per heavy atom. The number of hydrogen-bond acceptors (Lipinski definition) is 5. The van der Waals surface area contributed by atoms with Gasteiger partial charge in [-0.3, -0.25) is 4.79 Å². The highest BCUT2D eigenvalue weighted by atomic mass is 16.5. The normalized spacial score (nSPS) is 10.0. The minimum absolute atomic E-state index is 0.123. The zero-order valence-electron chi connectivity index (χ0n) is 13.3. The van der Waals surface area contributed by atoms with E-state index in [-0.39, 0.29) is 25.2 Å². The molecule has 0 aromatic heterocycles. The molecule has 0 saturated carbocycles. The molecular formula is C18H18NO5-. The third-order valence-corrected chi connectivity index (χ3v) is 3.22. The van der Waals surface area contributed by atoms with Crippen LogP contribution in [-0.4, -0.2) is 19.0 Å². The molecule has 2 aromatic carbocycles. The van der Waals surface area contributed by atoms with Crippen molar-refractivity contribution in [1.29, 1.82) is 0 Å². The number of methoxy groups -OCH3 is 1. The van der Waals surface area contributed by atoms with Crippen LogP contribution in [0, 0.1) is 0 Å². The number of carbonyl (C=O) groups excluding carboxylic acids is 2. The number of hydrogen-bond donors (Lipinski definition) is 1. The minimum Gasteiger partial charge on any atom is -0.550 e. The van der Waals surface area contributed by atoms with Crippen LogP contribution in [0.2, 0.25) is 0 Å². The van der Waals surface area contributed by atoms with Crippen LogP contribution in [0.3, 0.4) is 0 Å². The SMILES string of the molecule is COc1ccc(Oc2ccc(NC(=O)CCCC(=O)[O-])cc2)cc1. The largest absolute Gasteiger partial charge is 0.550 e. The summed E-state index contributed by atoms with van der Waals surface area (Å²) >= 11 is 0. The van der Waals surface area contributed by atoms with Crippen molar-refractivity contribution in [2.75, 3.05) is 12.4 Å². The van der Waals surface area contributed by atoms with Gasteiger partial charge < -0.3 is 24.7 Å². The summed E-state index contributed by atoms with van der Waals surface area (Å²) in [5.74, 6) is 0.673. The summed E-state index contributed by atoms with van der Waals surface area (Å²) in [6, 6.07) is 14.1. The highest BCUT2D eigenvalue weighted by Crippen LogP contribution is 2.25. The molecule has 0 aliphatic rings. The van der Waals surface area contributed by atoms with Gasteiger partial charge in [-0.25, -0.2) is 0 Å². The molecule has 24 heavy (non-hydrogen) atoms. The van der Waals surface area contributed by atoms with Gasteiger partial charge in [0.2, 0.25) is 5.91 Å². The van der Waals surface area contributed by atoms with Crippen molar-refractivity contribution in [1.82, 2.24) is 0 Å². The molecule has 0 aliphatic heterocycles. The molecule has 1 amide bonds. The lowest BCUT2D eigenvalue weighted by atomic mass is 10.2. The summed E-state index contributed by atoms with van der Waals surface area (Å²) in [5, 5.41) is 13.0. The van der Waals surface area contributed by atoms with E-state index < -0.39 is 5.97 Å². The third-order valence-electron chi connectivity index (χ3n) is 3.22. The van der Waals surface area contributed by atoms with Crippen LogP contribution in [0.25, 0.3) is 0 Å². The molecule has 0 saturated heterocycles. The van der Waals surface area contributed by atoms with Crippen LogP contribution in [0.5, 0.6) is 17.2 Å². The molecule has 6 nitrogen and oxygen atoms in total. The van der Waals surface area contributed by atoms with Crippen LogP contribution in [0.4, 0.5) is 5.69 Å². The number of carbonyl (C=O) groups is 2. The molecule has 0 radical (unpaired) electrons. The second kappa shape index (κ2) is 8.57. The summed E-state index contributed by atoms with van der Waals surface area (Å²) in [5.41, 5.74) is 0.621. The number of aliphatic carboxylic acids is 1. The van der Waals surface area contributed by atoms with Gasteiger partial charge in [-0.05, 0) is 61.4 Å². The first-order valence-corrected chi connectivity index (χ1v) is 7.48. The topological polar surface area (TPSA) is 87.7 Å². The maximum Gasteiger partial charge on any atom is 0.224 e. The Kier molecular flexibility index (Phi) is 6.19. The Morgan fingerprint density at radius 2 is 1.46 bits per heavy atom. The molecule has 126 valence electrons. The number of ether oxygens (including phenoxy) is 2. The second-order valence-corrected chi connectivity index (χ2v) is 5.08. The Hall–Kier alpha value is -3.02. The molecule has 2 aromatic rings. The van der Waals surface area contributed by atoms with Crippen LogP contribution >= 0.6 is 0 Å². The van der Waals surface area contributed by atoms with Crippen molar-refractivity contribution < 1.29 is 24.2 Å². The number of rotatable bonds is 8. The quantitative estimate of drug-likeness (QED) is 0.803. The van der Waals surface area contributed by atoms with Gasteiger partial charge in [0.05, 0.1) is 7.11 Å². The van der Waals surface area contributed by atoms with E-state index in [1.165, 1.54) is 0 Å². The first-order chi connectivity index (χ1) is 11.6. The third kappa shape index (κ3) is 5.64. The van der Waals surface area contributed by atoms with Crippen molar-refractivity contribution >= 4 is 17.6 Å². The van der Waals surface area contributed by atoms with Crippen molar-refractivity contribution in [3.8, 4) is 17.2 Å². The van der Waals surface area contributed by atoms with E-state index in [0.29, 0.717) is 17.2 Å². The fraction of sp³-hybridized carbons (Fsp3) is 0.222. The van der Waals surface area contributed by atoms with E-state index >= 15 is 0 Å². The fourth-order valence-electron chi connectivity index (χ4n) is 2.00. The van der Waals surface area contributed by atoms with E-state index in [2.05, 4.69) is 5.32 Å². The Bertz CT molecular complexity index is 680. The Labute approximate surface area is 140 Å². The molecule has 1 N–H and O–H groups in total. The lowest BCUT2D eigenvalue weighted by Gasteiger charge is -2.09. The Balaban J connectivity index is 1.85. The summed E-state index contributed by atoms with van der Waals surface area (Å²) in [6.07, 6.45) is 0.271. The van der Waals surface area contributed by atoms with Gasteiger partial charge in [-0.15, -0.1) is 0 Å². The fourth-order valence-corrected chi connectivity index (χ4v) is 2.00. The highest BCUT2D eigenvalue weighted by Gasteiger charge is 2.03. The number of carboxylic acid groups (broad SMARTS) is 1. The van der Waals surface area contributed by atoms with Gasteiger partial charge in [-0.2, -0.15) is 0 Å². The van der Waals surface area contributed by atoms with Gasteiger partial charge in [0.15, 0.2) is 0 Å². The average molecular weight is 328 g/mol. The minimum atomic E-state index is -1.15. The van der Waals surface area contributed by atoms with E-state index in [0.717, 1.165) is 5.75 Å². The molecule has 2 rings (SSSR count). The van der Waals surface area contributed by atoms with E-state index in [9.17, 15) is 14.7 Å². The molecule has 0 aliphatic carbocycles. The van der Waals surface area contributed by atoms with E-state index in [1.54, 1.807) is 55.6 Å². The molecule has 0 spiro atoms. The number of anilines is 1. The van der Waals surface area contributed by atoms with Crippen molar-refractivity contribution in [2.45, 2.75) is 19.3 Å². The van der Waals surface area contributed by atoms with Crippen LogP contribution in [-0.2, 0) is 9.59 Å². The van der Waals surface area contributed by atoms with Crippen LogP contribution in [0.1, 0.15) is 19.3 Å². The standard InChI is InChI=1S/C18H19NO5/c1-23-14-9-11-16(12-10-14)24-15-7-5-13(6-8-15)19-17(20)3-2-4-18(21)22/h5-12H,2-4H2,1H3,(H,19,20)(H,21,22)/p-1. The molecule has 0 heterocycles. The number of amides is 1.